The third-order valence-electron chi connectivity index (χ3n) is 3.39. The molecule has 1 saturated carbocycles. The summed E-state index contributed by atoms with van der Waals surface area (Å²) in [5.41, 5.74) is 0. The van der Waals surface area contributed by atoms with Crippen LogP contribution >= 0.6 is 0 Å². The highest BCUT2D eigenvalue weighted by atomic mass is 16.5. The number of rotatable bonds is 0. The molecule has 1 nitrogen and oxygen atoms in total. The molecule has 1 aliphatic carbocycles. The first-order chi connectivity index (χ1) is 5.86. The van der Waals surface area contributed by atoms with Gasteiger partial charge in [-0.25, -0.2) is 0 Å². The van der Waals surface area contributed by atoms with E-state index in [1.807, 2.05) is 0 Å². The highest BCUT2D eigenvalue weighted by Gasteiger charge is 2.29. The van der Waals surface area contributed by atoms with E-state index in [4.69, 9.17) is 4.74 Å². The maximum atomic E-state index is 5.87. The summed E-state index contributed by atoms with van der Waals surface area (Å²) in [7, 11) is 0. The van der Waals surface area contributed by atoms with Crippen LogP contribution in [0.15, 0.2) is 0 Å². The quantitative estimate of drug-likeness (QED) is 0.540. The van der Waals surface area contributed by atoms with E-state index in [1.165, 1.54) is 38.5 Å². The lowest BCUT2D eigenvalue weighted by Crippen LogP contribution is -2.32. The Hall–Kier alpha value is -0.0400. The van der Waals surface area contributed by atoms with Crippen LogP contribution in [-0.2, 0) is 4.74 Å². The van der Waals surface area contributed by atoms with Crippen LogP contribution in [0.3, 0.4) is 0 Å². The van der Waals surface area contributed by atoms with Crippen molar-refractivity contribution < 1.29 is 4.74 Å². The second-order valence-electron chi connectivity index (χ2n) is 4.61. The summed E-state index contributed by atoms with van der Waals surface area (Å²) in [4.78, 5) is 0. The zero-order chi connectivity index (χ0) is 8.39. The maximum Gasteiger partial charge on any atom is 0.0603 e. The molecule has 0 radical (unpaired) electrons. The Labute approximate surface area is 75.5 Å². The zero-order valence-electron chi connectivity index (χ0n) is 8.09. The molecule has 2 aliphatic rings. The molecule has 2 rings (SSSR count). The normalized spacial score (nSPS) is 43.2. The number of hydrogen-bond donors (Lipinski definition) is 0. The molecule has 1 heterocycles. The molecule has 0 N–H and O–H groups in total. The molecule has 0 aromatic heterocycles. The second kappa shape index (κ2) is 3.78. The standard InChI is InChI=1S/C11H20O/c1-9-7-10-5-3-2-4-6-11(10)12-8-9/h9-11H,2-8H2,1H3/t9-,10+,11+/m1/s1. The first-order valence-electron chi connectivity index (χ1n) is 5.48. The van der Waals surface area contributed by atoms with Gasteiger partial charge >= 0.3 is 0 Å². The van der Waals surface area contributed by atoms with Gasteiger partial charge in [0.25, 0.3) is 0 Å². The Bertz CT molecular complexity index is 144. The van der Waals surface area contributed by atoms with E-state index in [9.17, 15) is 0 Å². The molecule has 2 fully saturated rings. The molecule has 1 aliphatic heterocycles. The minimum Gasteiger partial charge on any atom is -0.378 e. The molecular weight excluding hydrogens is 148 g/mol. The summed E-state index contributed by atoms with van der Waals surface area (Å²) < 4.78 is 5.87. The first kappa shape index (κ1) is 8.55. The fraction of sp³-hybridized carbons (Fsp3) is 1.00. The third kappa shape index (κ3) is 1.82. The minimum atomic E-state index is 0.628. The van der Waals surface area contributed by atoms with Crippen LogP contribution in [0.1, 0.15) is 45.4 Å². The van der Waals surface area contributed by atoms with Gasteiger partial charge in [0, 0.05) is 6.61 Å². The summed E-state index contributed by atoms with van der Waals surface area (Å²) in [5, 5.41) is 0. The van der Waals surface area contributed by atoms with Crippen LogP contribution in [0.4, 0.5) is 0 Å². The second-order valence-corrected chi connectivity index (χ2v) is 4.61. The summed E-state index contributed by atoms with van der Waals surface area (Å²) >= 11 is 0. The Morgan fingerprint density at radius 3 is 2.83 bits per heavy atom. The van der Waals surface area contributed by atoms with Crippen LogP contribution in [0.5, 0.6) is 0 Å². The van der Waals surface area contributed by atoms with E-state index >= 15 is 0 Å². The van der Waals surface area contributed by atoms with Gasteiger partial charge in [0.2, 0.25) is 0 Å². The lowest BCUT2D eigenvalue weighted by molar-refractivity contribution is -0.0544. The maximum absolute atomic E-state index is 5.87. The smallest absolute Gasteiger partial charge is 0.0603 e. The van der Waals surface area contributed by atoms with E-state index in [2.05, 4.69) is 6.92 Å². The molecule has 0 amide bonds. The lowest BCUT2D eigenvalue weighted by atomic mass is 9.86. The van der Waals surface area contributed by atoms with Crippen LogP contribution in [0.2, 0.25) is 0 Å². The van der Waals surface area contributed by atoms with Crippen LogP contribution < -0.4 is 0 Å². The van der Waals surface area contributed by atoms with Gasteiger partial charge < -0.3 is 4.74 Å². The van der Waals surface area contributed by atoms with Crippen molar-refractivity contribution in [3.05, 3.63) is 0 Å². The topological polar surface area (TPSA) is 9.23 Å². The van der Waals surface area contributed by atoms with Gasteiger partial charge in [0.1, 0.15) is 0 Å². The molecule has 0 unspecified atom stereocenters. The third-order valence-corrected chi connectivity index (χ3v) is 3.39. The average molecular weight is 168 g/mol. The fourth-order valence-corrected chi connectivity index (χ4v) is 2.71. The van der Waals surface area contributed by atoms with Crippen molar-refractivity contribution in [3.8, 4) is 0 Å². The van der Waals surface area contributed by atoms with E-state index in [0.717, 1.165) is 18.4 Å². The summed E-state index contributed by atoms with van der Waals surface area (Å²) in [6, 6.07) is 0. The Morgan fingerprint density at radius 1 is 1.08 bits per heavy atom. The fourth-order valence-electron chi connectivity index (χ4n) is 2.71. The van der Waals surface area contributed by atoms with Crippen molar-refractivity contribution in [1.82, 2.24) is 0 Å². The van der Waals surface area contributed by atoms with Crippen LogP contribution in [0, 0.1) is 11.8 Å². The van der Waals surface area contributed by atoms with Gasteiger partial charge in [-0.15, -0.1) is 0 Å². The first-order valence-corrected chi connectivity index (χ1v) is 5.48. The minimum absolute atomic E-state index is 0.628. The van der Waals surface area contributed by atoms with Crippen molar-refractivity contribution >= 4 is 0 Å². The highest BCUT2D eigenvalue weighted by Crippen LogP contribution is 2.34. The molecule has 0 aromatic carbocycles. The van der Waals surface area contributed by atoms with E-state index in [0.29, 0.717) is 6.10 Å². The molecule has 1 saturated heterocycles. The average Bonchev–Trinajstić information content (AvgIpc) is 2.28. The Balaban J connectivity index is 1.94. The van der Waals surface area contributed by atoms with E-state index < -0.39 is 0 Å². The van der Waals surface area contributed by atoms with Gasteiger partial charge in [0.05, 0.1) is 6.10 Å². The van der Waals surface area contributed by atoms with Crippen LogP contribution in [0.25, 0.3) is 0 Å². The monoisotopic (exact) mass is 168 g/mol. The van der Waals surface area contributed by atoms with Gasteiger partial charge in [-0.3, -0.25) is 0 Å². The van der Waals surface area contributed by atoms with Crippen molar-refractivity contribution in [1.29, 1.82) is 0 Å². The molecule has 0 aromatic rings. The van der Waals surface area contributed by atoms with Crippen molar-refractivity contribution in [2.45, 2.75) is 51.6 Å². The molecule has 3 atom stereocenters. The SMILES string of the molecule is C[C@H]1CO[C@H]2CCCCC[C@H]2C1. The van der Waals surface area contributed by atoms with Crippen molar-refractivity contribution in [2.24, 2.45) is 11.8 Å². The lowest BCUT2D eigenvalue weighted by Gasteiger charge is -2.33. The van der Waals surface area contributed by atoms with Gasteiger partial charge in [-0.2, -0.15) is 0 Å². The molecule has 12 heavy (non-hydrogen) atoms. The van der Waals surface area contributed by atoms with Gasteiger partial charge in [-0.05, 0) is 31.1 Å². The van der Waals surface area contributed by atoms with Crippen molar-refractivity contribution in [2.75, 3.05) is 6.61 Å². The van der Waals surface area contributed by atoms with E-state index in [1.54, 1.807) is 0 Å². The molecule has 70 valence electrons. The van der Waals surface area contributed by atoms with Gasteiger partial charge in [0.15, 0.2) is 0 Å². The predicted octanol–water partition coefficient (Wildman–Crippen LogP) is 2.99. The Kier molecular flexibility index (Phi) is 2.69. The molecular formula is C11H20O. The molecule has 1 heteroatoms. The molecule has 0 bridgehead atoms. The van der Waals surface area contributed by atoms with Gasteiger partial charge in [-0.1, -0.05) is 26.2 Å². The number of hydrogen-bond acceptors (Lipinski definition) is 1. The summed E-state index contributed by atoms with van der Waals surface area (Å²) in [6.45, 7) is 3.34. The number of ether oxygens (including phenoxy) is 1. The summed E-state index contributed by atoms with van der Waals surface area (Å²) in [6.07, 6.45) is 9.08. The van der Waals surface area contributed by atoms with E-state index in [-0.39, 0.29) is 0 Å². The Morgan fingerprint density at radius 2 is 1.92 bits per heavy atom. The largest absolute Gasteiger partial charge is 0.378 e. The predicted molar refractivity (Wildman–Crippen MR) is 50.1 cm³/mol. The van der Waals surface area contributed by atoms with Crippen LogP contribution in [-0.4, -0.2) is 12.7 Å². The molecule has 0 spiro atoms. The van der Waals surface area contributed by atoms with Crippen molar-refractivity contribution in [3.63, 3.8) is 0 Å². The number of fused-ring (bicyclic) bond motifs is 1. The highest BCUT2D eigenvalue weighted by molar-refractivity contribution is 4.79. The summed E-state index contributed by atoms with van der Waals surface area (Å²) in [5.74, 6) is 1.71. The zero-order valence-corrected chi connectivity index (χ0v) is 8.09.